The third-order valence-electron chi connectivity index (χ3n) is 7.12. The summed E-state index contributed by atoms with van der Waals surface area (Å²) in [4.78, 5) is 36.5. The van der Waals surface area contributed by atoms with E-state index in [-0.39, 0.29) is 18.1 Å². The molecule has 5 aromatic rings. The van der Waals surface area contributed by atoms with Crippen molar-refractivity contribution in [2.24, 2.45) is 0 Å². The first kappa shape index (κ1) is 25.4. The minimum atomic E-state index is -0.191. The summed E-state index contributed by atoms with van der Waals surface area (Å²) in [6, 6.07) is 17.4. The van der Waals surface area contributed by atoms with Crippen LogP contribution in [0.15, 0.2) is 54.6 Å². The molecule has 4 N–H and O–H groups in total. The molecule has 196 valence electrons. The van der Waals surface area contributed by atoms with E-state index in [0.29, 0.717) is 15.7 Å². The van der Waals surface area contributed by atoms with Crippen molar-refractivity contribution in [1.29, 1.82) is 0 Å². The van der Waals surface area contributed by atoms with Gasteiger partial charge in [-0.25, -0.2) is 9.97 Å². The third kappa shape index (κ3) is 4.96. The van der Waals surface area contributed by atoms with Gasteiger partial charge in [-0.1, -0.05) is 30.3 Å². The van der Waals surface area contributed by atoms with Gasteiger partial charge in [0.05, 0.1) is 15.9 Å². The predicted octanol–water partition coefficient (Wildman–Crippen LogP) is 5.94. The molecule has 0 saturated heterocycles. The highest BCUT2D eigenvalue weighted by Gasteiger charge is 2.21. The van der Waals surface area contributed by atoms with Crippen molar-refractivity contribution < 1.29 is 9.59 Å². The predicted molar refractivity (Wildman–Crippen MR) is 159 cm³/mol. The van der Waals surface area contributed by atoms with Crippen molar-refractivity contribution in [3.05, 3.63) is 91.9 Å². The summed E-state index contributed by atoms with van der Waals surface area (Å²) in [7, 11) is 0. The molecule has 0 atom stereocenters. The van der Waals surface area contributed by atoms with Gasteiger partial charge in [0.15, 0.2) is 15.8 Å². The molecular formula is C30H27N5O2S2. The molecule has 3 aromatic carbocycles. The van der Waals surface area contributed by atoms with E-state index >= 15 is 0 Å². The van der Waals surface area contributed by atoms with Gasteiger partial charge in [-0.2, -0.15) is 0 Å². The third-order valence-corrected chi connectivity index (χ3v) is 9.27. The Morgan fingerprint density at radius 1 is 0.974 bits per heavy atom. The first-order valence-electron chi connectivity index (χ1n) is 12.8. The van der Waals surface area contributed by atoms with Crippen LogP contribution in [0.3, 0.4) is 0 Å². The molecule has 0 radical (unpaired) electrons. The van der Waals surface area contributed by atoms with E-state index in [1.807, 2.05) is 56.3 Å². The number of aromatic nitrogens is 2. The van der Waals surface area contributed by atoms with Crippen LogP contribution in [-0.2, 0) is 19.4 Å². The van der Waals surface area contributed by atoms with E-state index in [2.05, 4.69) is 26.7 Å². The maximum Gasteiger partial charge on any atom is 0.284 e. The Morgan fingerprint density at radius 2 is 1.77 bits per heavy atom. The number of fused-ring (bicyclic) bond motifs is 2. The van der Waals surface area contributed by atoms with Crippen LogP contribution in [0.1, 0.15) is 46.9 Å². The van der Waals surface area contributed by atoms with Crippen LogP contribution < -0.4 is 16.4 Å². The highest BCUT2D eigenvalue weighted by molar-refractivity contribution is 7.20. The van der Waals surface area contributed by atoms with Gasteiger partial charge in [-0.3, -0.25) is 9.59 Å². The van der Waals surface area contributed by atoms with Gasteiger partial charge >= 0.3 is 0 Å². The van der Waals surface area contributed by atoms with E-state index in [1.165, 1.54) is 22.7 Å². The average molecular weight is 554 g/mol. The minimum Gasteiger partial charge on any atom is -0.399 e. The van der Waals surface area contributed by atoms with Crippen LogP contribution in [0, 0.1) is 13.8 Å². The van der Waals surface area contributed by atoms with Crippen molar-refractivity contribution in [2.75, 3.05) is 17.6 Å². The number of anilines is 2. The number of hydrogen-bond acceptors (Lipinski definition) is 8. The fourth-order valence-electron chi connectivity index (χ4n) is 4.94. The number of nitrogen functional groups attached to an aromatic ring is 1. The lowest BCUT2D eigenvalue weighted by molar-refractivity contribution is 0.0990. The number of ketones is 1. The van der Waals surface area contributed by atoms with Crippen molar-refractivity contribution in [3.8, 4) is 11.1 Å². The minimum absolute atomic E-state index is 0.0193. The number of Topliss-reactive ketones (excluding diaryl/α,β-unsaturated/α-hetero) is 1. The van der Waals surface area contributed by atoms with Gasteiger partial charge in [0.25, 0.3) is 5.91 Å². The number of amides is 1. The number of carbonyl (C=O) groups excluding carboxylic acids is 2. The number of thiazole rings is 2. The number of carbonyl (C=O) groups is 2. The number of benzene rings is 3. The summed E-state index contributed by atoms with van der Waals surface area (Å²) in [6.07, 6.45) is 1.10. The smallest absolute Gasteiger partial charge is 0.284 e. The Labute approximate surface area is 234 Å². The van der Waals surface area contributed by atoms with Crippen LogP contribution >= 0.6 is 22.7 Å². The van der Waals surface area contributed by atoms with Crippen molar-refractivity contribution >= 4 is 56.0 Å². The topological polar surface area (TPSA) is 110 Å². The van der Waals surface area contributed by atoms with Crippen LogP contribution in [0.2, 0.25) is 0 Å². The van der Waals surface area contributed by atoms with Crippen LogP contribution in [-0.4, -0.2) is 28.2 Å². The molecule has 9 heteroatoms. The molecule has 3 heterocycles. The lowest BCUT2D eigenvalue weighted by Crippen LogP contribution is -2.22. The second-order valence-electron chi connectivity index (χ2n) is 9.68. The van der Waals surface area contributed by atoms with Gasteiger partial charge < -0.3 is 16.4 Å². The Morgan fingerprint density at radius 3 is 2.59 bits per heavy atom. The second kappa shape index (κ2) is 10.3. The highest BCUT2D eigenvalue weighted by atomic mass is 32.1. The Bertz CT molecular complexity index is 1730. The SMILES string of the molecule is Cc1c(CC(=O)c2nc3ccc(N)cc3s2)cccc1-c1cccc(NC(=O)c2nc3c(s2)CNCC3)c1C. The zero-order valence-electron chi connectivity index (χ0n) is 21.6. The molecule has 0 aliphatic carbocycles. The summed E-state index contributed by atoms with van der Waals surface area (Å²) in [5.41, 5.74) is 14.1. The van der Waals surface area contributed by atoms with E-state index in [0.717, 1.165) is 73.8 Å². The number of rotatable bonds is 6. The van der Waals surface area contributed by atoms with Gasteiger partial charge in [0.2, 0.25) is 0 Å². The van der Waals surface area contributed by atoms with E-state index in [9.17, 15) is 9.59 Å². The molecule has 0 bridgehead atoms. The zero-order chi connectivity index (χ0) is 27.1. The summed E-state index contributed by atoms with van der Waals surface area (Å²) in [5, 5.41) is 7.37. The zero-order valence-corrected chi connectivity index (χ0v) is 23.3. The first-order chi connectivity index (χ1) is 18.9. The molecule has 2 aromatic heterocycles. The molecule has 0 saturated carbocycles. The molecular weight excluding hydrogens is 526 g/mol. The van der Waals surface area contributed by atoms with Gasteiger partial charge in [-0.15, -0.1) is 22.7 Å². The molecule has 6 rings (SSSR count). The molecule has 0 unspecified atom stereocenters. The van der Waals surface area contributed by atoms with Crippen molar-refractivity contribution in [3.63, 3.8) is 0 Å². The van der Waals surface area contributed by atoms with Gasteiger partial charge in [-0.05, 0) is 65.9 Å². The normalized spacial score (nSPS) is 12.9. The van der Waals surface area contributed by atoms with Gasteiger partial charge in [0.1, 0.15) is 0 Å². The number of nitrogens with zero attached hydrogens (tertiary/aromatic N) is 2. The van der Waals surface area contributed by atoms with E-state index in [4.69, 9.17) is 5.73 Å². The maximum absolute atomic E-state index is 13.2. The Hall–Kier alpha value is -3.92. The quantitative estimate of drug-likeness (QED) is 0.177. The average Bonchev–Trinajstić information content (AvgIpc) is 3.55. The summed E-state index contributed by atoms with van der Waals surface area (Å²) in [6.45, 7) is 5.70. The number of nitrogens with one attached hydrogen (secondary N) is 2. The molecule has 1 aliphatic heterocycles. The van der Waals surface area contributed by atoms with E-state index in [1.54, 1.807) is 6.07 Å². The fraction of sp³-hybridized carbons (Fsp3) is 0.200. The molecule has 1 aliphatic rings. The Kier molecular flexibility index (Phi) is 6.72. The van der Waals surface area contributed by atoms with E-state index < -0.39 is 0 Å². The molecule has 0 spiro atoms. The molecule has 39 heavy (non-hydrogen) atoms. The monoisotopic (exact) mass is 553 g/mol. The molecule has 0 fully saturated rings. The second-order valence-corrected chi connectivity index (χ2v) is 11.8. The first-order valence-corrected chi connectivity index (χ1v) is 14.4. The standard InChI is InChI=1S/C30H27N5O2S2/c1-16-18(13-25(36)29-34-23-10-9-19(31)14-26(23)38-29)5-3-6-20(16)21-7-4-8-22(17(21)2)33-28(37)30-35-24-11-12-32-15-27(24)39-30/h3-10,14,32H,11-13,15,31H2,1-2H3,(H,33,37). The summed E-state index contributed by atoms with van der Waals surface area (Å²) >= 11 is 2.82. The number of hydrogen-bond donors (Lipinski definition) is 3. The molecule has 1 amide bonds. The summed E-state index contributed by atoms with van der Waals surface area (Å²) in [5.74, 6) is -0.211. The highest BCUT2D eigenvalue weighted by Crippen LogP contribution is 2.33. The van der Waals surface area contributed by atoms with Crippen LogP contribution in [0.5, 0.6) is 0 Å². The number of nitrogens with two attached hydrogens (primary N) is 1. The lowest BCUT2D eigenvalue weighted by Gasteiger charge is -2.16. The van der Waals surface area contributed by atoms with Crippen molar-refractivity contribution in [2.45, 2.75) is 33.2 Å². The maximum atomic E-state index is 13.2. The van der Waals surface area contributed by atoms with Crippen LogP contribution in [0.4, 0.5) is 11.4 Å². The fourth-order valence-corrected chi connectivity index (χ4v) is 6.86. The van der Waals surface area contributed by atoms with Crippen LogP contribution in [0.25, 0.3) is 21.3 Å². The van der Waals surface area contributed by atoms with Gasteiger partial charge in [0, 0.05) is 42.2 Å². The lowest BCUT2D eigenvalue weighted by atomic mass is 9.91. The summed E-state index contributed by atoms with van der Waals surface area (Å²) < 4.78 is 0.910. The Balaban J connectivity index is 1.25. The largest absolute Gasteiger partial charge is 0.399 e. The molecule has 7 nitrogen and oxygen atoms in total. The van der Waals surface area contributed by atoms with Crippen molar-refractivity contribution in [1.82, 2.24) is 15.3 Å².